The van der Waals surface area contributed by atoms with E-state index >= 15 is 0 Å². The van der Waals surface area contributed by atoms with Gasteiger partial charge in [-0.15, -0.1) is 0 Å². The smallest absolute Gasteiger partial charge is 0.307 e. The number of carbonyl (C=O) groups excluding carboxylic acids is 2. The topological polar surface area (TPSA) is 58.6 Å². The number of methoxy groups -OCH3 is 1. The molecule has 0 unspecified atom stereocenters. The molecular formula is C14H20N2O3. The van der Waals surface area contributed by atoms with Crippen LogP contribution in [0.5, 0.6) is 0 Å². The van der Waals surface area contributed by atoms with Crippen molar-refractivity contribution in [1.29, 1.82) is 0 Å². The van der Waals surface area contributed by atoms with Gasteiger partial charge in [-0.1, -0.05) is 12.1 Å². The first-order chi connectivity index (χ1) is 9.56. The van der Waals surface area contributed by atoms with E-state index in [9.17, 15) is 9.59 Å². The fourth-order valence-electron chi connectivity index (χ4n) is 1.56. The summed E-state index contributed by atoms with van der Waals surface area (Å²) in [7, 11) is 3.41. The molecule has 0 atom stereocenters. The first-order valence-corrected chi connectivity index (χ1v) is 5.98. The predicted molar refractivity (Wildman–Crippen MR) is 72.8 cm³/mol. The Morgan fingerprint density at radius 3 is 2.63 bits per heavy atom. The molecule has 1 N–H and O–H groups in total. The lowest BCUT2D eigenvalue weighted by atomic mass is 10.1. The molecule has 1 aromatic carbocycles. The number of benzene rings is 1. The van der Waals surface area contributed by atoms with Crippen LogP contribution in [-0.4, -0.2) is 44.5 Å². The summed E-state index contributed by atoms with van der Waals surface area (Å²) in [4.78, 5) is 24.6. The van der Waals surface area contributed by atoms with Crippen LogP contribution in [-0.2, 0) is 16.1 Å². The summed E-state index contributed by atoms with van der Waals surface area (Å²) in [5.74, 6) is -0.562. The van der Waals surface area contributed by atoms with Gasteiger partial charge in [0.05, 0.1) is 13.5 Å². The molecule has 1 rings (SSSR count). The zero-order valence-electron chi connectivity index (χ0n) is 12.3. The van der Waals surface area contributed by atoms with E-state index in [2.05, 4.69) is 10.1 Å². The summed E-state index contributed by atoms with van der Waals surface area (Å²) in [6, 6.07) is 7.20. The molecule has 0 fully saturated rings. The van der Waals surface area contributed by atoms with Gasteiger partial charge in [0, 0.05) is 20.0 Å². The van der Waals surface area contributed by atoms with Gasteiger partial charge < -0.3 is 15.0 Å². The van der Waals surface area contributed by atoms with Crippen molar-refractivity contribution in [2.24, 2.45) is 0 Å². The van der Waals surface area contributed by atoms with Crippen molar-refractivity contribution in [2.75, 3.05) is 27.7 Å². The molecule has 104 valence electrons. The first kappa shape index (κ1) is 13.5. The van der Waals surface area contributed by atoms with Crippen LogP contribution in [0.1, 0.15) is 23.7 Å². The van der Waals surface area contributed by atoms with Gasteiger partial charge in [0.25, 0.3) is 5.91 Å². The van der Waals surface area contributed by atoms with Crippen LogP contribution in [0.3, 0.4) is 0 Å². The molecule has 0 spiro atoms. The minimum Gasteiger partial charge on any atom is -0.469 e. The number of esters is 1. The molecule has 1 amide bonds. The summed E-state index contributed by atoms with van der Waals surface area (Å²) < 4.78 is 11.7. The molecule has 1 aromatic rings. The van der Waals surface area contributed by atoms with Gasteiger partial charge in [-0.2, -0.15) is 0 Å². The number of nitrogens with one attached hydrogen (secondary N) is 1. The average Bonchev–Trinajstić information content (AvgIpc) is 2.47. The maximum absolute atomic E-state index is 11.8. The number of nitrogens with zero attached hydrogens (tertiary/aromatic N) is 1. The van der Waals surface area contributed by atoms with Crippen molar-refractivity contribution in [3.8, 4) is 0 Å². The van der Waals surface area contributed by atoms with Crippen LogP contribution in [0.4, 0.5) is 0 Å². The first-order valence-electron chi connectivity index (χ1n) is 6.69. The fourth-order valence-corrected chi connectivity index (χ4v) is 1.56. The van der Waals surface area contributed by atoms with Crippen molar-refractivity contribution < 1.29 is 15.7 Å². The second-order valence-corrected chi connectivity index (χ2v) is 4.29. The van der Waals surface area contributed by atoms with Gasteiger partial charge in [0.15, 0.2) is 0 Å². The van der Waals surface area contributed by atoms with Gasteiger partial charge in [0.2, 0.25) is 0 Å². The molecule has 5 nitrogen and oxygen atoms in total. The Balaban J connectivity index is 2.47. The van der Waals surface area contributed by atoms with Gasteiger partial charge in [-0.25, -0.2) is 0 Å². The maximum Gasteiger partial charge on any atom is 0.307 e. The quantitative estimate of drug-likeness (QED) is 0.781. The lowest BCUT2D eigenvalue weighted by Gasteiger charge is -2.10. The molecule has 0 aliphatic heterocycles. The van der Waals surface area contributed by atoms with Crippen LogP contribution in [0, 0.1) is 0 Å². The minimum absolute atomic E-state index is 0.161. The molecule has 0 aliphatic rings. The number of hydrogen-bond acceptors (Lipinski definition) is 4. The molecule has 0 saturated heterocycles. The Morgan fingerprint density at radius 2 is 2.05 bits per heavy atom. The van der Waals surface area contributed by atoms with Gasteiger partial charge in [0.1, 0.15) is 0 Å². The van der Waals surface area contributed by atoms with Gasteiger partial charge in [-0.05, 0) is 31.8 Å². The van der Waals surface area contributed by atoms with E-state index in [0.717, 1.165) is 5.56 Å². The fraction of sp³-hybridized carbons (Fsp3) is 0.429. The van der Waals surface area contributed by atoms with Crippen molar-refractivity contribution in [3.63, 3.8) is 0 Å². The van der Waals surface area contributed by atoms with E-state index in [0.29, 0.717) is 12.1 Å². The number of hydrogen-bond donors (Lipinski definition) is 1. The Kier molecular flexibility index (Phi) is 5.37. The number of rotatable bonds is 6. The van der Waals surface area contributed by atoms with E-state index in [1.165, 1.54) is 7.11 Å². The number of ether oxygens (including phenoxy) is 1. The van der Waals surface area contributed by atoms with Crippen LogP contribution >= 0.6 is 0 Å². The molecule has 0 radical (unpaired) electrons. The van der Waals surface area contributed by atoms with Crippen molar-refractivity contribution in [2.45, 2.75) is 13.0 Å². The normalized spacial score (nSPS) is 11.0. The monoisotopic (exact) mass is 265 g/mol. The predicted octanol–water partition coefficient (Wildman–Crippen LogP) is 1.04. The van der Waals surface area contributed by atoms with Crippen LogP contribution in [0.15, 0.2) is 24.3 Å². The Morgan fingerprint density at radius 1 is 1.37 bits per heavy atom. The van der Waals surface area contributed by atoms with E-state index in [-0.39, 0.29) is 31.9 Å². The van der Waals surface area contributed by atoms with Gasteiger partial charge >= 0.3 is 5.97 Å². The molecule has 0 saturated carbocycles. The third kappa shape index (κ3) is 5.52. The highest BCUT2D eigenvalue weighted by Gasteiger charge is 2.06. The second-order valence-electron chi connectivity index (χ2n) is 4.29. The van der Waals surface area contributed by atoms with Gasteiger partial charge in [-0.3, -0.25) is 9.59 Å². The lowest BCUT2D eigenvalue weighted by molar-refractivity contribution is -0.140. The molecular weight excluding hydrogens is 244 g/mol. The largest absolute Gasteiger partial charge is 0.469 e. The molecule has 5 heteroatoms. The highest BCUT2D eigenvalue weighted by atomic mass is 16.5. The molecule has 19 heavy (non-hydrogen) atoms. The summed E-state index contributed by atoms with van der Waals surface area (Å²) in [5, 5.41) is 2.66. The highest BCUT2D eigenvalue weighted by Crippen LogP contribution is 2.06. The number of carbonyl (C=O) groups is 2. The van der Waals surface area contributed by atoms with Crippen molar-refractivity contribution in [1.82, 2.24) is 10.2 Å². The third-order valence-corrected chi connectivity index (χ3v) is 2.51. The lowest BCUT2D eigenvalue weighted by Crippen LogP contribution is -2.26. The molecule has 0 aromatic heterocycles. The van der Waals surface area contributed by atoms with E-state index in [1.54, 1.807) is 12.1 Å². The summed E-state index contributed by atoms with van der Waals surface area (Å²) in [5.41, 5.74) is 1.60. The highest BCUT2D eigenvalue weighted by molar-refractivity contribution is 5.94. The molecule has 0 heterocycles. The molecule has 0 aliphatic carbocycles. The summed E-state index contributed by atoms with van der Waals surface area (Å²) in [6.45, 7) is 0.933. The average molecular weight is 265 g/mol. The second kappa shape index (κ2) is 7.53. The third-order valence-electron chi connectivity index (χ3n) is 2.51. The molecule has 0 bridgehead atoms. The van der Waals surface area contributed by atoms with E-state index < -0.39 is 0 Å². The maximum atomic E-state index is 11.8. The summed E-state index contributed by atoms with van der Waals surface area (Å²) >= 11 is 0. The standard InChI is InChI=1S/C14H20N2O3/c1-16(2)10-11-4-6-12(7-5-11)14(18)15-9-8-13(17)19-3/h4-7H,8-10H2,1-3H3,(H,15,18)/i1D. The van der Waals surface area contributed by atoms with Crippen LogP contribution < -0.4 is 5.32 Å². The zero-order valence-corrected chi connectivity index (χ0v) is 11.3. The SMILES string of the molecule is [2H]CN(C)Cc1ccc(C(=O)NCCC(=O)OC)cc1. The van der Waals surface area contributed by atoms with E-state index in [4.69, 9.17) is 1.37 Å². The Bertz CT molecular complexity index is 448. The van der Waals surface area contributed by atoms with Crippen molar-refractivity contribution in [3.05, 3.63) is 35.4 Å². The minimum atomic E-state index is -0.348. The zero-order chi connectivity index (χ0) is 15.0. The Labute approximate surface area is 115 Å². The Hall–Kier alpha value is -1.88. The van der Waals surface area contributed by atoms with Crippen LogP contribution in [0.2, 0.25) is 0 Å². The van der Waals surface area contributed by atoms with Crippen molar-refractivity contribution >= 4 is 11.9 Å². The van der Waals surface area contributed by atoms with Crippen LogP contribution in [0.25, 0.3) is 0 Å². The summed E-state index contributed by atoms with van der Waals surface area (Å²) in [6.07, 6.45) is 0.161. The number of amides is 1. The van der Waals surface area contributed by atoms with E-state index in [1.807, 2.05) is 24.1 Å².